The van der Waals surface area contributed by atoms with Crippen LogP contribution in [-0.4, -0.2) is 11.8 Å². The van der Waals surface area contributed by atoms with Gasteiger partial charge in [-0.3, -0.25) is 15.6 Å². The molecule has 0 bridgehead atoms. The Morgan fingerprint density at radius 1 is 1.31 bits per heavy atom. The summed E-state index contributed by atoms with van der Waals surface area (Å²) in [6, 6.07) is 6.93. The van der Waals surface area contributed by atoms with Crippen LogP contribution in [0.5, 0.6) is 0 Å². The summed E-state index contributed by atoms with van der Waals surface area (Å²) in [6.07, 6.45) is 0. The highest BCUT2D eigenvalue weighted by Gasteiger charge is 1.96. The largest absolute Gasteiger partial charge is 0.299 e. The first-order valence-corrected chi connectivity index (χ1v) is 4.50. The molecule has 0 spiro atoms. The fraction of sp³-hybridized carbons (Fsp3) is 0.125. The summed E-state index contributed by atoms with van der Waals surface area (Å²) in [5, 5.41) is 0.647. The van der Waals surface area contributed by atoms with Crippen molar-refractivity contribution in [2.45, 2.75) is 0 Å². The first kappa shape index (κ1) is 10.2. The lowest BCUT2D eigenvalue weighted by molar-refractivity contribution is -0.118. The zero-order valence-electron chi connectivity index (χ0n) is 6.68. The number of hydrogen-bond donors (Lipinski definition) is 2. The molecule has 0 aliphatic heterocycles. The van der Waals surface area contributed by atoms with Crippen molar-refractivity contribution in [3.63, 3.8) is 0 Å². The lowest BCUT2D eigenvalue weighted by Gasteiger charge is -2.06. The molecule has 13 heavy (non-hydrogen) atoms. The van der Waals surface area contributed by atoms with Gasteiger partial charge < -0.3 is 0 Å². The van der Waals surface area contributed by atoms with Crippen LogP contribution in [0, 0.1) is 0 Å². The minimum Gasteiger partial charge on any atom is -0.299 e. The van der Waals surface area contributed by atoms with E-state index in [0.29, 0.717) is 5.02 Å². The minimum atomic E-state index is -0.281. The van der Waals surface area contributed by atoms with Gasteiger partial charge in [0, 0.05) is 5.02 Å². The van der Waals surface area contributed by atoms with E-state index in [0.717, 1.165) is 5.69 Å². The lowest BCUT2D eigenvalue weighted by atomic mass is 10.3. The molecule has 0 aliphatic carbocycles. The van der Waals surface area contributed by atoms with Crippen molar-refractivity contribution in [3.05, 3.63) is 29.3 Å². The average Bonchev–Trinajstić information content (AvgIpc) is 2.16. The van der Waals surface area contributed by atoms with Gasteiger partial charge in [-0.05, 0) is 24.3 Å². The van der Waals surface area contributed by atoms with E-state index in [4.69, 9.17) is 23.2 Å². The second kappa shape index (κ2) is 4.94. The third-order valence-electron chi connectivity index (χ3n) is 1.31. The summed E-state index contributed by atoms with van der Waals surface area (Å²) in [4.78, 5) is 10.7. The van der Waals surface area contributed by atoms with Gasteiger partial charge in [0.15, 0.2) is 0 Å². The summed E-state index contributed by atoms with van der Waals surface area (Å²) < 4.78 is 0. The standard InChI is InChI=1S/C8H8Cl2N2O/c9-5-8(13)12-11-7-3-1-6(10)2-4-7/h1-4,11H,5H2,(H,12,13). The molecular weight excluding hydrogens is 211 g/mol. The number of hydrogen-bond acceptors (Lipinski definition) is 2. The number of amides is 1. The van der Waals surface area contributed by atoms with Crippen LogP contribution in [0.3, 0.4) is 0 Å². The highest BCUT2D eigenvalue weighted by atomic mass is 35.5. The predicted octanol–water partition coefficient (Wildman–Crippen LogP) is 2.02. The van der Waals surface area contributed by atoms with Gasteiger partial charge in [-0.1, -0.05) is 11.6 Å². The van der Waals surface area contributed by atoms with Crippen molar-refractivity contribution < 1.29 is 4.79 Å². The van der Waals surface area contributed by atoms with E-state index >= 15 is 0 Å². The summed E-state index contributed by atoms with van der Waals surface area (Å²) in [6.45, 7) is 0. The molecule has 1 aromatic rings. The topological polar surface area (TPSA) is 41.1 Å². The molecule has 0 atom stereocenters. The number of nitrogens with one attached hydrogen (secondary N) is 2. The number of carbonyl (C=O) groups excluding carboxylic acids is 1. The quantitative estimate of drug-likeness (QED) is 0.603. The monoisotopic (exact) mass is 218 g/mol. The SMILES string of the molecule is O=C(CCl)NNc1ccc(Cl)cc1. The Hall–Kier alpha value is -0.930. The molecule has 2 N–H and O–H groups in total. The van der Waals surface area contributed by atoms with E-state index < -0.39 is 0 Å². The van der Waals surface area contributed by atoms with Gasteiger partial charge in [-0.25, -0.2) is 0 Å². The molecule has 0 radical (unpaired) electrons. The molecule has 0 saturated heterocycles. The smallest absolute Gasteiger partial charge is 0.253 e. The van der Waals surface area contributed by atoms with E-state index in [1.165, 1.54) is 0 Å². The van der Waals surface area contributed by atoms with Crippen molar-refractivity contribution in [2.75, 3.05) is 11.3 Å². The fourth-order valence-electron chi connectivity index (χ4n) is 0.709. The molecular formula is C8H8Cl2N2O. The van der Waals surface area contributed by atoms with Gasteiger partial charge in [0.1, 0.15) is 5.88 Å². The second-order valence-electron chi connectivity index (χ2n) is 2.31. The fourth-order valence-corrected chi connectivity index (χ4v) is 0.901. The maximum absolute atomic E-state index is 10.7. The zero-order valence-corrected chi connectivity index (χ0v) is 8.19. The molecule has 0 unspecified atom stereocenters. The third kappa shape index (κ3) is 3.53. The Labute approximate surface area is 86.0 Å². The van der Waals surface area contributed by atoms with Crippen molar-refractivity contribution in [3.8, 4) is 0 Å². The predicted molar refractivity (Wildman–Crippen MR) is 53.9 cm³/mol. The summed E-state index contributed by atoms with van der Waals surface area (Å²) in [5.74, 6) is -0.350. The maximum atomic E-state index is 10.7. The molecule has 0 fully saturated rings. The Balaban J connectivity index is 2.46. The number of anilines is 1. The Bertz CT molecular complexity index is 287. The molecule has 1 rings (SSSR count). The number of halogens is 2. The Morgan fingerprint density at radius 3 is 2.46 bits per heavy atom. The van der Waals surface area contributed by atoms with Crippen LogP contribution in [0.4, 0.5) is 5.69 Å². The Morgan fingerprint density at radius 2 is 1.92 bits per heavy atom. The molecule has 0 heterocycles. The molecule has 0 aliphatic rings. The molecule has 70 valence electrons. The summed E-state index contributed by atoms with van der Waals surface area (Å²) in [7, 11) is 0. The molecule has 1 amide bonds. The third-order valence-corrected chi connectivity index (χ3v) is 1.81. The summed E-state index contributed by atoms with van der Waals surface area (Å²) >= 11 is 10.9. The Kier molecular flexibility index (Phi) is 3.86. The number of alkyl halides is 1. The van der Waals surface area contributed by atoms with Gasteiger partial charge >= 0.3 is 0 Å². The maximum Gasteiger partial charge on any atom is 0.253 e. The first-order valence-electron chi connectivity index (χ1n) is 3.59. The highest BCUT2D eigenvalue weighted by molar-refractivity contribution is 6.30. The van der Waals surface area contributed by atoms with E-state index in [1.54, 1.807) is 24.3 Å². The van der Waals surface area contributed by atoms with Gasteiger partial charge in [-0.2, -0.15) is 0 Å². The number of carbonyl (C=O) groups is 1. The number of rotatable bonds is 3. The van der Waals surface area contributed by atoms with E-state index in [2.05, 4.69) is 10.9 Å². The van der Waals surface area contributed by atoms with E-state index in [9.17, 15) is 4.79 Å². The van der Waals surface area contributed by atoms with Crippen LogP contribution < -0.4 is 10.9 Å². The van der Waals surface area contributed by atoms with Crippen LogP contribution in [0.25, 0.3) is 0 Å². The van der Waals surface area contributed by atoms with E-state index in [1.807, 2.05) is 0 Å². The highest BCUT2D eigenvalue weighted by Crippen LogP contribution is 2.12. The second-order valence-corrected chi connectivity index (χ2v) is 3.02. The van der Waals surface area contributed by atoms with Crippen molar-refractivity contribution >= 4 is 34.8 Å². The van der Waals surface area contributed by atoms with Crippen molar-refractivity contribution in [2.24, 2.45) is 0 Å². The lowest BCUT2D eigenvalue weighted by Crippen LogP contribution is -2.30. The van der Waals surface area contributed by atoms with Crippen LogP contribution in [0.15, 0.2) is 24.3 Å². The molecule has 5 heteroatoms. The molecule has 0 saturated carbocycles. The van der Waals surface area contributed by atoms with Gasteiger partial charge in [0.25, 0.3) is 5.91 Å². The van der Waals surface area contributed by atoms with Crippen molar-refractivity contribution in [1.29, 1.82) is 0 Å². The van der Waals surface area contributed by atoms with Crippen LogP contribution >= 0.6 is 23.2 Å². The first-order chi connectivity index (χ1) is 6.22. The van der Waals surface area contributed by atoms with Crippen LogP contribution in [0.1, 0.15) is 0 Å². The molecule has 1 aromatic carbocycles. The minimum absolute atomic E-state index is 0.0689. The van der Waals surface area contributed by atoms with Gasteiger partial charge in [-0.15, -0.1) is 11.6 Å². The van der Waals surface area contributed by atoms with E-state index in [-0.39, 0.29) is 11.8 Å². The average molecular weight is 219 g/mol. The normalized spacial score (nSPS) is 9.38. The van der Waals surface area contributed by atoms with Crippen LogP contribution in [0.2, 0.25) is 5.02 Å². The number of hydrazine groups is 1. The van der Waals surface area contributed by atoms with Crippen molar-refractivity contribution in [1.82, 2.24) is 5.43 Å². The van der Waals surface area contributed by atoms with Crippen LogP contribution in [-0.2, 0) is 4.79 Å². The number of benzene rings is 1. The summed E-state index contributed by atoms with van der Waals surface area (Å²) in [5.41, 5.74) is 5.84. The molecule has 0 aromatic heterocycles. The zero-order chi connectivity index (χ0) is 9.68. The van der Waals surface area contributed by atoms with Gasteiger partial charge in [0.05, 0.1) is 5.69 Å². The van der Waals surface area contributed by atoms with Gasteiger partial charge in [0.2, 0.25) is 0 Å². The molecule has 3 nitrogen and oxygen atoms in total.